The number of carbonyl (C=O) groups is 2. The van der Waals surface area contributed by atoms with Crippen LogP contribution in [0.1, 0.15) is 10.4 Å². The summed E-state index contributed by atoms with van der Waals surface area (Å²) >= 11 is 0. The van der Waals surface area contributed by atoms with Gasteiger partial charge in [-0.05, 0) is 42.5 Å². The number of pyridine rings is 1. The van der Waals surface area contributed by atoms with Crippen molar-refractivity contribution in [2.24, 2.45) is 0 Å². The molecule has 3 aromatic rings. The molecule has 2 N–H and O–H groups in total. The van der Waals surface area contributed by atoms with E-state index in [1.165, 1.54) is 5.69 Å². The Balaban J connectivity index is 1.34. The Labute approximate surface area is 175 Å². The quantitative estimate of drug-likeness (QED) is 0.699. The van der Waals surface area contributed by atoms with Crippen LogP contribution in [0.15, 0.2) is 79.1 Å². The summed E-state index contributed by atoms with van der Waals surface area (Å²) in [5, 5.41) is 5.69. The van der Waals surface area contributed by atoms with Gasteiger partial charge in [-0.1, -0.05) is 24.3 Å². The zero-order valence-electron chi connectivity index (χ0n) is 16.5. The molecule has 7 heteroatoms. The van der Waals surface area contributed by atoms with Gasteiger partial charge in [0.1, 0.15) is 0 Å². The van der Waals surface area contributed by atoms with Crippen molar-refractivity contribution in [1.82, 2.24) is 9.88 Å². The third kappa shape index (κ3) is 4.75. The van der Waals surface area contributed by atoms with E-state index >= 15 is 0 Å². The lowest BCUT2D eigenvalue weighted by molar-refractivity contribution is 0.102. The number of anilines is 3. The Kier molecular flexibility index (Phi) is 5.89. The smallest absolute Gasteiger partial charge is 0.321 e. The van der Waals surface area contributed by atoms with E-state index in [9.17, 15) is 9.59 Å². The van der Waals surface area contributed by atoms with Gasteiger partial charge in [0.05, 0.1) is 11.9 Å². The fraction of sp³-hybridized carbons (Fsp3) is 0.174. The molecule has 7 nitrogen and oxygen atoms in total. The summed E-state index contributed by atoms with van der Waals surface area (Å²) in [6, 6.07) is 20.5. The van der Waals surface area contributed by atoms with Crippen LogP contribution < -0.4 is 15.5 Å². The number of para-hydroxylation sites is 1. The molecule has 4 rings (SSSR count). The van der Waals surface area contributed by atoms with Crippen molar-refractivity contribution in [3.05, 3.63) is 84.7 Å². The molecule has 0 spiro atoms. The number of piperazine rings is 1. The highest BCUT2D eigenvalue weighted by molar-refractivity contribution is 6.05. The minimum Gasteiger partial charge on any atom is -0.368 e. The highest BCUT2D eigenvalue weighted by Gasteiger charge is 2.21. The summed E-state index contributed by atoms with van der Waals surface area (Å²) in [6.07, 6.45) is 3.23. The first kappa shape index (κ1) is 19.4. The predicted octanol–water partition coefficient (Wildman–Crippen LogP) is 3.69. The molecule has 0 unspecified atom stereocenters. The first-order valence-corrected chi connectivity index (χ1v) is 9.86. The van der Waals surface area contributed by atoms with E-state index in [0.717, 1.165) is 13.1 Å². The standard InChI is InChI=1S/C23H23N5O2/c29-22(25-20-8-5-11-24-17-20)18-6-4-7-19(16-18)26-23(30)28-14-12-27(13-15-28)21-9-2-1-3-10-21/h1-11,16-17H,12-15H2,(H,25,29)(H,26,30). The van der Waals surface area contributed by atoms with Crippen molar-refractivity contribution in [2.75, 3.05) is 41.7 Å². The molecular weight excluding hydrogens is 378 g/mol. The largest absolute Gasteiger partial charge is 0.368 e. The van der Waals surface area contributed by atoms with Crippen molar-refractivity contribution >= 4 is 29.0 Å². The fourth-order valence-electron chi connectivity index (χ4n) is 3.39. The van der Waals surface area contributed by atoms with Gasteiger partial charge in [-0.15, -0.1) is 0 Å². The Morgan fingerprint density at radius 2 is 1.57 bits per heavy atom. The van der Waals surface area contributed by atoms with E-state index in [0.29, 0.717) is 30.0 Å². The van der Waals surface area contributed by atoms with Crippen LogP contribution in [0.2, 0.25) is 0 Å². The number of urea groups is 1. The second-order valence-corrected chi connectivity index (χ2v) is 7.02. The average Bonchev–Trinajstić information content (AvgIpc) is 2.80. The van der Waals surface area contributed by atoms with Gasteiger partial charge in [0.15, 0.2) is 0 Å². The number of hydrogen-bond acceptors (Lipinski definition) is 4. The molecule has 0 atom stereocenters. The van der Waals surface area contributed by atoms with Crippen molar-refractivity contribution in [2.45, 2.75) is 0 Å². The summed E-state index contributed by atoms with van der Waals surface area (Å²) in [6.45, 7) is 2.85. The molecule has 2 heterocycles. The summed E-state index contributed by atoms with van der Waals surface area (Å²) in [7, 11) is 0. The van der Waals surface area contributed by atoms with Gasteiger partial charge in [0.2, 0.25) is 0 Å². The minimum atomic E-state index is -0.254. The Bertz CT molecular complexity index is 1000. The van der Waals surface area contributed by atoms with Gasteiger partial charge >= 0.3 is 6.03 Å². The molecule has 0 radical (unpaired) electrons. The van der Waals surface area contributed by atoms with Crippen molar-refractivity contribution in [3.8, 4) is 0 Å². The van der Waals surface area contributed by atoms with E-state index < -0.39 is 0 Å². The van der Waals surface area contributed by atoms with Gasteiger partial charge in [-0.2, -0.15) is 0 Å². The second-order valence-electron chi connectivity index (χ2n) is 7.02. The maximum Gasteiger partial charge on any atom is 0.321 e. The summed E-state index contributed by atoms with van der Waals surface area (Å²) in [4.78, 5) is 33.2. The van der Waals surface area contributed by atoms with E-state index in [1.807, 2.05) is 18.2 Å². The van der Waals surface area contributed by atoms with Gasteiger partial charge in [-0.25, -0.2) is 4.79 Å². The number of nitrogens with zero attached hydrogens (tertiary/aromatic N) is 3. The molecule has 0 bridgehead atoms. The number of rotatable bonds is 4. The molecule has 2 aromatic carbocycles. The van der Waals surface area contributed by atoms with Crippen molar-refractivity contribution < 1.29 is 9.59 Å². The zero-order chi connectivity index (χ0) is 20.8. The monoisotopic (exact) mass is 401 g/mol. The van der Waals surface area contributed by atoms with E-state index in [-0.39, 0.29) is 11.9 Å². The van der Waals surface area contributed by atoms with Crippen LogP contribution >= 0.6 is 0 Å². The average molecular weight is 401 g/mol. The van der Waals surface area contributed by atoms with Crippen LogP contribution in [0.5, 0.6) is 0 Å². The molecule has 3 amide bonds. The molecule has 1 aliphatic rings. The summed E-state index contributed by atoms with van der Waals surface area (Å²) in [5.74, 6) is -0.254. The molecule has 1 aliphatic heterocycles. The van der Waals surface area contributed by atoms with Crippen molar-refractivity contribution in [3.63, 3.8) is 0 Å². The molecule has 1 fully saturated rings. The molecule has 30 heavy (non-hydrogen) atoms. The van der Waals surface area contributed by atoms with Crippen LogP contribution in [-0.4, -0.2) is 48.0 Å². The van der Waals surface area contributed by atoms with Crippen LogP contribution in [-0.2, 0) is 0 Å². The topological polar surface area (TPSA) is 77.6 Å². The van der Waals surface area contributed by atoms with Crippen molar-refractivity contribution in [1.29, 1.82) is 0 Å². The van der Waals surface area contributed by atoms with E-state index in [2.05, 4.69) is 32.7 Å². The number of carbonyl (C=O) groups excluding carboxylic acids is 2. The Hall–Kier alpha value is -3.87. The summed E-state index contributed by atoms with van der Waals surface area (Å²) in [5.41, 5.74) is 2.84. The molecule has 0 saturated carbocycles. The van der Waals surface area contributed by atoms with Gasteiger partial charge in [-0.3, -0.25) is 9.78 Å². The van der Waals surface area contributed by atoms with Gasteiger partial charge in [0, 0.05) is 49.3 Å². The highest BCUT2D eigenvalue weighted by atomic mass is 16.2. The Morgan fingerprint density at radius 3 is 2.30 bits per heavy atom. The molecule has 1 saturated heterocycles. The first-order chi connectivity index (χ1) is 14.7. The predicted molar refractivity (Wildman–Crippen MR) is 118 cm³/mol. The normalized spacial score (nSPS) is 13.6. The maximum absolute atomic E-state index is 12.7. The third-order valence-electron chi connectivity index (χ3n) is 4.98. The Morgan fingerprint density at radius 1 is 0.800 bits per heavy atom. The SMILES string of the molecule is O=C(Nc1cccnc1)c1cccc(NC(=O)N2CCN(c3ccccc3)CC2)c1. The van der Waals surface area contributed by atoms with Gasteiger partial charge in [0.25, 0.3) is 5.91 Å². The lowest BCUT2D eigenvalue weighted by Gasteiger charge is -2.36. The number of hydrogen-bond donors (Lipinski definition) is 2. The molecule has 0 aliphatic carbocycles. The minimum absolute atomic E-state index is 0.160. The number of amides is 3. The number of aromatic nitrogens is 1. The molecule has 152 valence electrons. The van der Waals surface area contributed by atoms with Crippen LogP contribution in [0.25, 0.3) is 0 Å². The van der Waals surface area contributed by atoms with E-state index in [1.54, 1.807) is 53.7 Å². The molecular formula is C23H23N5O2. The third-order valence-corrected chi connectivity index (χ3v) is 4.98. The second kappa shape index (κ2) is 9.09. The lowest BCUT2D eigenvalue weighted by Crippen LogP contribution is -2.50. The van der Waals surface area contributed by atoms with Crippen LogP contribution in [0.3, 0.4) is 0 Å². The summed E-state index contributed by atoms with van der Waals surface area (Å²) < 4.78 is 0. The maximum atomic E-state index is 12.7. The first-order valence-electron chi connectivity index (χ1n) is 9.86. The van der Waals surface area contributed by atoms with Crippen LogP contribution in [0.4, 0.5) is 21.9 Å². The molecule has 1 aromatic heterocycles. The fourth-order valence-corrected chi connectivity index (χ4v) is 3.39. The number of nitrogens with one attached hydrogen (secondary N) is 2. The lowest BCUT2D eigenvalue weighted by atomic mass is 10.2. The van der Waals surface area contributed by atoms with E-state index in [4.69, 9.17) is 0 Å². The van der Waals surface area contributed by atoms with Crippen LogP contribution in [0, 0.1) is 0 Å². The zero-order valence-corrected chi connectivity index (χ0v) is 16.5. The number of benzene rings is 2. The highest BCUT2D eigenvalue weighted by Crippen LogP contribution is 2.17. The van der Waals surface area contributed by atoms with Gasteiger partial charge < -0.3 is 20.4 Å².